The minimum atomic E-state index is -4.70. The first-order valence-electron chi connectivity index (χ1n) is 3.11. The van der Waals surface area contributed by atoms with Crippen molar-refractivity contribution in [1.29, 1.82) is 0 Å². The van der Waals surface area contributed by atoms with Crippen molar-refractivity contribution >= 4 is 28.6 Å². The first-order chi connectivity index (χ1) is 5.88. The maximum Gasteiger partial charge on any atom is 0.573 e. The maximum atomic E-state index is 11.8. The fourth-order valence-corrected chi connectivity index (χ4v) is 1.20. The van der Waals surface area contributed by atoms with Gasteiger partial charge in [0.05, 0.1) is 0 Å². The molecule has 0 aliphatic carbocycles. The summed E-state index contributed by atoms with van der Waals surface area (Å²) in [5.74, 6) is -0.364. The molecule has 0 unspecified atom stereocenters. The quantitative estimate of drug-likeness (QED) is 0.726. The molecule has 0 aliphatic rings. The lowest BCUT2D eigenvalue weighted by Gasteiger charge is -2.16. The van der Waals surface area contributed by atoms with Gasteiger partial charge >= 0.3 is 6.36 Å². The lowest BCUT2D eigenvalue weighted by molar-refractivity contribution is -0.275. The molecule has 0 heterocycles. The highest BCUT2D eigenvalue weighted by molar-refractivity contribution is 9.10. The number of hydrogen-bond acceptors (Lipinski definition) is 2. The van der Waals surface area contributed by atoms with E-state index in [1.54, 1.807) is 6.07 Å². The Kier molecular flexibility index (Phi) is 3.02. The minimum Gasteiger partial charge on any atom is -0.776 e. The van der Waals surface area contributed by atoms with Gasteiger partial charge in [-0.25, -0.2) is 0 Å². The normalized spacial score (nSPS) is 11.4. The van der Waals surface area contributed by atoms with Gasteiger partial charge in [-0.2, -0.15) is 0 Å². The van der Waals surface area contributed by atoms with Gasteiger partial charge in [-0.15, -0.1) is 18.1 Å². The molecule has 6 heteroatoms. The van der Waals surface area contributed by atoms with Crippen LogP contribution in [-0.2, 0) is 12.6 Å². The Morgan fingerprint density at radius 1 is 1.31 bits per heavy atom. The number of halogens is 4. The molecule has 1 aromatic carbocycles. The van der Waals surface area contributed by atoms with Gasteiger partial charge in [0.1, 0.15) is 5.75 Å². The van der Waals surface area contributed by atoms with Crippen LogP contribution < -0.4 is 4.74 Å². The molecular formula is C7H3BrF3OS-. The average Bonchev–Trinajstić information content (AvgIpc) is 1.94. The highest BCUT2D eigenvalue weighted by Gasteiger charge is 2.31. The molecule has 0 saturated carbocycles. The standard InChI is InChI=1S/C7H4BrF3OS/c8-4-1-2-6(13)5(3-4)12-7(9,10)11/h1-3,13H/p-1. The third-order valence-corrected chi connectivity index (χ3v) is 1.96. The molecule has 72 valence electrons. The number of ether oxygens (including phenoxy) is 1. The van der Waals surface area contributed by atoms with Crippen LogP contribution in [0, 0.1) is 0 Å². The summed E-state index contributed by atoms with van der Waals surface area (Å²) in [5.41, 5.74) is 0. The fraction of sp³-hybridized carbons (Fsp3) is 0.143. The van der Waals surface area contributed by atoms with E-state index in [4.69, 9.17) is 0 Å². The second-order valence-electron chi connectivity index (χ2n) is 2.14. The van der Waals surface area contributed by atoms with Crippen LogP contribution in [0.2, 0.25) is 0 Å². The monoisotopic (exact) mass is 271 g/mol. The molecule has 13 heavy (non-hydrogen) atoms. The zero-order chi connectivity index (χ0) is 10.1. The molecule has 0 amide bonds. The van der Waals surface area contributed by atoms with Crippen LogP contribution in [0.5, 0.6) is 5.75 Å². The Hall–Kier alpha value is -0.490. The van der Waals surface area contributed by atoms with Gasteiger partial charge in [0.25, 0.3) is 0 Å². The molecule has 0 N–H and O–H groups in total. The molecule has 0 aromatic heterocycles. The molecule has 0 atom stereocenters. The van der Waals surface area contributed by atoms with Gasteiger partial charge in [-0.3, -0.25) is 0 Å². The molecule has 1 aromatic rings. The SMILES string of the molecule is FC(F)(F)Oc1cc(Br)ccc1[S-]. The van der Waals surface area contributed by atoms with Crippen molar-refractivity contribution in [1.82, 2.24) is 0 Å². The van der Waals surface area contributed by atoms with Crippen molar-refractivity contribution in [2.75, 3.05) is 0 Å². The summed E-state index contributed by atoms with van der Waals surface area (Å²) < 4.78 is 39.5. The maximum absolute atomic E-state index is 11.8. The van der Waals surface area contributed by atoms with Gasteiger partial charge in [-0.1, -0.05) is 22.0 Å². The summed E-state index contributed by atoms with van der Waals surface area (Å²) in [5, 5.41) is 0. The van der Waals surface area contributed by atoms with Gasteiger partial charge in [0, 0.05) is 4.47 Å². The molecule has 0 fully saturated rings. The van der Waals surface area contributed by atoms with E-state index < -0.39 is 6.36 Å². The van der Waals surface area contributed by atoms with E-state index in [1.165, 1.54) is 12.1 Å². The Morgan fingerprint density at radius 3 is 2.46 bits per heavy atom. The molecule has 0 spiro atoms. The van der Waals surface area contributed by atoms with Gasteiger partial charge in [0.2, 0.25) is 0 Å². The van der Waals surface area contributed by atoms with Gasteiger partial charge < -0.3 is 17.4 Å². The minimum absolute atomic E-state index is 0.0283. The molecule has 0 saturated heterocycles. The highest BCUT2D eigenvalue weighted by Crippen LogP contribution is 2.28. The van der Waals surface area contributed by atoms with Gasteiger partial charge in [0.15, 0.2) is 0 Å². The van der Waals surface area contributed by atoms with Crippen LogP contribution in [0.3, 0.4) is 0 Å². The first kappa shape index (κ1) is 10.6. The number of rotatable bonds is 1. The summed E-state index contributed by atoms with van der Waals surface area (Å²) in [4.78, 5) is 0.0283. The fourth-order valence-electron chi connectivity index (χ4n) is 0.686. The molecule has 0 aliphatic heterocycles. The van der Waals surface area contributed by atoms with E-state index in [1.807, 2.05) is 0 Å². The van der Waals surface area contributed by atoms with E-state index in [2.05, 4.69) is 33.3 Å². The van der Waals surface area contributed by atoms with Crippen molar-refractivity contribution in [2.45, 2.75) is 11.3 Å². The van der Waals surface area contributed by atoms with E-state index in [0.717, 1.165) is 0 Å². The second kappa shape index (κ2) is 3.71. The Morgan fingerprint density at radius 2 is 1.92 bits per heavy atom. The predicted molar refractivity (Wildman–Crippen MR) is 46.5 cm³/mol. The van der Waals surface area contributed by atoms with Crippen LogP contribution in [-0.4, -0.2) is 6.36 Å². The summed E-state index contributed by atoms with van der Waals surface area (Å²) in [7, 11) is 0. The van der Waals surface area contributed by atoms with Crippen LogP contribution in [0.15, 0.2) is 27.6 Å². The van der Waals surface area contributed by atoms with Crippen LogP contribution in [0.25, 0.3) is 0 Å². The smallest absolute Gasteiger partial charge is 0.573 e. The van der Waals surface area contributed by atoms with Crippen molar-refractivity contribution in [3.05, 3.63) is 22.7 Å². The predicted octanol–water partition coefficient (Wildman–Crippen LogP) is 3.25. The lowest BCUT2D eigenvalue weighted by atomic mass is 10.3. The van der Waals surface area contributed by atoms with Crippen molar-refractivity contribution < 1.29 is 17.9 Å². The van der Waals surface area contributed by atoms with Crippen molar-refractivity contribution in [3.63, 3.8) is 0 Å². The van der Waals surface area contributed by atoms with Crippen molar-refractivity contribution in [2.24, 2.45) is 0 Å². The van der Waals surface area contributed by atoms with Crippen LogP contribution in [0.4, 0.5) is 13.2 Å². The van der Waals surface area contributed by atoms with Gasteiger partial charge in [-0.05, 0) is 12.1 Å². The molecule has 0 radical (unpaired) electrons. The largest absolute Gasteiger partial charge is 0.776 e. The lowest BCUT2D eigenvalue weighted by Crippen LogP contribution is -2.17. The number of alkyl halides is 3. The highest BCUT2D eigenvalue weighted by atomic mass is 79.9. The summed E-state index contributed by atoms with van der Waals surface area (Å²) in [6, 6.07) is 4.09. The Balaban J connectivity index is 2.94. The topological polar surface area (TPSA) is 9.23 Å². The zero-order valence-corrected chi connectivity index (χ0v) is 8.46. The summed E-state index contributed by atoms with van der Waals surface area (Å²) in [6.45, 7) is 0. The number of benzene rings is 1. The summed E-state index contributed by atoms with van der Waals surface area (Å²) in [6.07, 6.45) is -4.70. The third-order valence-electron chi connectivity index (χ3n) is 1.13. The van der Waals surface area contributed by atoms with Crippen molar-refractivity contribution in [3.8, 4) is 5.75 Å². The van der Waals surface area contributed by atoms with Crippen LogP contribution in [0.1, 0.15) is 0 Å². The zero-order valence-electron chi connectivity index (χ0n) is 6.06. The first-order valence-corrected chi connectivity index (χ1v) is 4.31. The van der Waals surface area contributed by atoms with E-state index >= 15 is 0 Å². The molecule has 0 bridgehead atoms. The average molecular weight is 272 g/mol. The second-order valence-corrected chi connectivity index (χ2v) is 3.49. The Labute approximate surface area is 86.4 Å². The summed E-state index contributed by atoms with van der Waals surface area (Å²) >= 11 is 7.64. The van der Waals surface area contributed by atoms with E-state index in [9.17, 15) is 13.2 Å². The number of hydrogen-bond donors (Lipinski definition) is 0. The molecular weight excluding hydrogens is 269 g/mol. The van der Waals surface area contributed by atoms with E-state index in [-0.39, 0.29) is 10.6 Å². The molecule has 1 nitrogen and oxygen atoms in total. The van der Waals surface area contributed by atoms with Crippen LogP contribution >= 0.6 is 15.9 Å². The Bertz CT molecular complexity index is 313. The molecule has 1 rings (SSSR count). The van der Waals surface area contributed by atoms with E-state index in [0.29, 0.717) is 4.47 Å². The third kappa shape index (κ3) is 3.40.